The Morgan fingerprint density at radius 2 is 2.00 bits per heavy atom. The van der Waals surface area contributed by atoms with Crippen molar-refractivity contribution >= 4 is 17.1 Å². The van der Waals surface area contributed by atoms with E-state index in [1.807, 2.05) is 37.3 Å². The third kappa shape index (κ3) is 2.63. The number of non-ortho nitro benzene ring substituents is 1. The van der Waals surface area contributed by atoms with Crippen molar-refractivity contribution in [1.82, 2.24) is 0 Å². The second-order valence-electron chi connectivity index (χ2n) is 5.06. The van der Waals surface area contributed by atoms with Crippen LogP contribution < -0.4 is 5.32 Å². The lowest BCUT2D eigenvalue weighted by Gasteiger charge is -2.10. The maximum Gasteiger partial charge on any atom is 0.270 e. The molecule has 5 nitrogen and oxygen atoms in total. The van der Waals surface area contributed by atoms with Crippen molar-refractivity contribution in [2.24, 2.45) is 4.99 Å². The van der Waals surface area contributed by atoms with E-state index in [4.69, 9.17) is 4.99 Å². The zero-order chi connectivity index (χ0) is 14.8. The van der Waals surface area contributed by atoms with Crippen LogP contribution >= 0.6 is 0 Å². The molecule has 1 aliphatic heterocycles. The number of nitrogens with one attached hydrogen (secondary N) is 1. The van der Waals surface area contributed by atoms with Gasteiger partial charge in [0, 0.05) is 35.5 Å². The van der Waals surface area contributed by atoms with E-state index in [0.29, 0.717) is 6.54 Å². The standard InChI is InChI=1S/C16H15N3O2/c1-11-10-17-15-8-7-13(19(20)21)9-14(15)16(18-11)12-5-3-2-4-6-12/h2-9,11,17H,10H2,1H3. The predicted molar refractivity (Wildman–Crippen MR) is 83.1 cm³/mol. The van der Waals surface area contributed by atoms with E-state index in [9.17, 15) is 10.1 Å². The molecule has 5 heteroatoms. The Hall–Kier alpha value is -2.69. The first-order chi connectivity index (χ1) is 10.1. The van der Waals surface area contributed by atoms with E-state index in [0.717, 1.165) is 22.5 Å². The van der Waals surface area contributed by atoms with E-state index >= 15 is 0 Å². The zero-order valence-corrected chi connectivity index (χ0v) is 11.6. The van der Waals surface area contributed by atoms with Gasteiger partial charge in [-0.1, -0.05) is 30.3 Å². The molecule has 0 saturated heterocycles. The topological polar surface area (TPSA) is 67.5 Å². The van der Waals surface area contributed by atoms with Gasteiger partial charge in [0.25, 0.3) is 5.69 Å². The average Bonchev–Trinajstić information content (AvgIpc) is 2.67. The van der Waals surface area contributed by atoms with Crippen LogP contribution in [0, 0.1) is 10.1 Å². The summed E-state index contributed by atoms with van der Waals surface area (Å²) in [5, 5.41) is 14.3. The molecule has 0 bridgehead atoms. The van der Waals surface area contributed by atoms with Crippen molar-refractivity contribution in [3.05, 3.63) is 69.8 Å². The molecular weight excluding hydrogens is 266 g/mol. The summed E-state index contributed by atoms with van der Waals surface area (Å²) in [5.74, 6) is 0. The van der Waals surface area contributed by atoms with Crippen LogP contribution in [0.15, 0.2) is 53.5 Å². The van der Waals surface area contributed by atoms with Gasteiger partial charge in [-0.05, 0) is 13.0 Å². The fourth-order valence-corrected chi connectivity index (χ4v) is 2.42. The van der Waals surface area contributed by atoms with Crippen LogP contribution in [0.5, 0.6) is 0 Å². The van der Waals surface area contributed by atoms with Crippen LogP contribution in [0.3, 0.4) is 0 Å². The summed E-state index contributed by atoms with van der Waals surface area (Å²) in [4.78, 5) is 15.4. The molecule has 1 atom stereocenters. The first kappa shape index (κ1) is 13.3. The van der Waals surface area contributed by atoms with E-state index in [-0.39, 0.29) is 16.7 Å². The monoisotopic (exact) mass is 281 g/mol. The van der Waals surface area contributed by atoms with Gasteiger partial charge in [-0.25, -0.2) is 0 Å². The summed E-state index contributed by atoms with van der Waals surface area (Å²) in [6.45, 7) is 2.73. The SMILES string of the molecule is CC1CNc2ccc([N+](=O)[O-])cc2C(c2ccccc2)=N1. The molecule has 0 aliphatic carbocycles. The number of anilines is 1. The second kappa shape index (κ2) is 5.36. The Bertz CT molecular complexity index is 711. The lowest BCUT2D eigenvalue weighted by atomic mass is 10.00. The number of aliphatic imine (C=N–C) groups is 1. The van der Waals surface area contributed by atoms with Crippen molar-refractivity contribution < 1.29 is 4.92 Å². The van der Waals surface area contributed by atoms with Crippen LogP contribution in [0.4, 0.5) is 11.4 Å². The number of hydrogen-bond donors (Lipinski definition) is 1. The molecule has 1 heterocycles. The highest BCUT2D eigenvalue weighted by molar-refractivity contribution is 6.16. The van der Waals surface area contributed by atoms with Gasteiger partial charge in [0.1, 0.15) is 0 Å². The number of rotatable bonds is 2. The third-order valence-corrected chi connectivity index (χ3v) is 3.45. The number of nitro groups is 1. The fraction of sp³-hybridized carbons (Fsp3) is 0.188. The van der Waals surface area contributed by atoms with Crippen molar-refractivity contribution in [2.75, 3.05) is 11.9 Å². The number of fused-ring (bicyclic) bond motifs is 1. The van der Waals surface area contributed by atoms with Gasteiger partial charge in [-0.3, -0.25) is 15.1 Å². The number of benzene rings is 2. The molecule has 1 aliphatic rings. The van der Waals surface area contributed by atoms with E-state index < -0.39 is 0 Å². The Morgan fingerprint density at radius 3 is 2.71 bits per heavy atom. The number of nitro benzene ring substituents is 1. The minimum atomic E-state index is -0.378. The van der Waals surface area contributed by atoms with Crippen LogP contribution in [-0.2, 0) is 0 Å². The van der Waals surface area contributed by atoms with Gasteiger partial charge in [-0.15, -0.1) is 0 Å². The first-order valence-electron chi connectivity index (χ1n) is 6.81. The first-order valence-corrected chi connectivity index (χ1v) is 6.81. The van der Waals surface area contributed by atoms with Gasteiger partial charge in [0.05, 0.1) is 16.7 Å². The Kier molecular flexibility index (Phi) is 3.39. The smallest absolute Gasteiger partial charge is 0.270 e. The van der Waals surface area contributed by atoms with Gasteiger partial charge in [0.2, 0.25) is 0 Å². The Balaban J connectivity index is 2.19. The minimum Gasteiger partial charge on any atom is -0.382 e. The van der Waals surface area contributed by atoms with Crippen LogP contribution in [0.1, 0.15) is 18.1 Å². The second-order valence-corrected chi connectivity index (χ2v) is 5.06. The molecule has 2 aromatic rings. The summed E-state index contributed by atoms with van der Waals surface area (Å²) in [7, 11) is 0. The van der Waals surface area contributed by atoms with E-state index in [1.165, 1.54) is 6.07 Å². The third-order valence-electron chi connectivity index (χ3n) is 3.45. The maximum absolute atomic E-state index is 11.0. The summed E-state index contributed by atoms with van der Waals surface area (Å²) < 4.78 is 0. The van der Waals surface area contributed by atoms with Gasteiger partial charge < -0.3 is 5.32 Å². The molecule has 0 spiro atoms. The van der Waals surface area contributed by atoms with Crippen molar-refractivity contribution in [3.8, 4) is 0 Å². The fourth-order valence-electron chi connectivity index (χ4n) is 2.42. The van der Waals surface area contributed by atoms with Gasteiger partial charge in [0.15, 0.2) is 0 Å². The van der Waals surface area contributed by atoms with Crippen LogP contribution in [0.2, 0.25) is 0 Å². The number of nitrogens with zero attached hydrogens (tertiary/aromatic N) is 2. The molecule has 1 unspecified atom stereocenters. The highest BCUT2D eigenvalue weighted by Crippen LogP contribution is 2.27. The molecule has 1 N–H and O–H groups in total. The normalized spacial score (nSPS) is 17.2. The van der Waals surface area contributed by atoms with Crippen LogP contribution in [-0.4, -0.2) is 23.2 Å². The Morgan fingerprint density at radius 1 is 1.24 bits per heavy atom. The highest BCUT2D eigenvalue weighted by atomic mass is 16.6. The average molecular weight is 281 g/mol. The van der Waals surface area contributed by atoms with E-state index in [2.05, 4.69) is 5.32 Å². The number of benzodiazepines with no additional fused rings is 1. The van der Waals surface area contributed by atoms with E-state index in [1.54, 1.807) is 12.1 Å². The molecule has 0 fully saturated rings. The molecule has 2 aromatic carbocycles. The quantitative estimate of drug-likeness (QED) is 0.678. The predicted octanol–water partition coefficient (Wildman–Crippen LogP) is 3.25. The molecule has 0 saturated carbocycles. The highest BCUT2D eigenvalue weighted by Gasteiger charge is 2.20. The molecule has 106 valence electrons. The molecule has 21 heavy (non-hydrogen) atoms. The molecule has 3 rings (SSSR count). The molecule has 0 radical (unpaired) electrons. The Labute approximate surface area is 122 Å². The minimum absolute atomic E-state index is 0.0775. The summed E-state index contributed by atoms with van der Waals surface area (Å²) in [6.07, 6.45) is 0. The van der Waals surface area contributed by atoms with Gasteiger partial charge >= 0.3 is 0 Å². The van der Waals surface area contributed by atoms with Crippen molar-refractivity contribution in [2.45, 2.75) is 13.0 Å². The zero-order valence-electron chi connectivity index (χ0n) is 11.6. The summed E-state index contributed by atoms with van der Waals surface area (Å²) >= 11 is 0. The summed E-state index contributed by atoms with van der Waals surface area (Å²) in [5.41, 5.74) is 3.50. The molecular formula is C16H15N3O2. The summed E-state index contributed by atoms with van der Waals surface area (Å²) in [6, 6.07) is 14.7. The maximum atomic E-state index is 11.0. The molecule has 0 amide bonds. The molecule has 0 aromatic heterocycles. The lowest BCUT2D eigenvalue weighted by molar-refractivity contribution is -0.384. The number of hydrogen-bond acceptors (Lipinski definition) is 4. The van der Waals surface area contributed by atoms with Crippen molar-refractivity contribution in [1.29, 1.82) is 0 Å². The largest absolute Gasteiger partial charge is 0.382 e. The lowest BCUT2D eigenvalue weighted by Crippen LogP contribution is -2.12. The van der Waals surface area contributed by atoms with Gasteiger partial charge in [-0.2, -0.15) is 0 Å². The van der Waals surface area contributed by atoms with Crippen LogP contribution in [0.25, 0.3) is 0 Å². The van der Waals surface area contributed by atoms with Crippen molar-refractivity contribution in [3.63, 3.8) is 0 Å².